The normalized spacial score (nSPS) is 11.0. The largest absolute Gasteiger partial charge is 0.310 e. The molecule has 0 saturated heterocycles. The van der Waals surface area contributed by atoms with E-state index in [2.05, 4.69) is 16.8 Å². The van der Waals surface area contributed by atoms with Gasteiger partial charge >= 0.3 is 0 Å². The molecule has 0 saturated carbocycles. The first-order valence-electron chi connectivity index (χ1n) is 10.0. The maximum atomic E-state index is 14.2. The van der Waals surface area contributed by atoms with Crippen LogP contribution in [0.2, 0.25) is 10.0 Å². The van der Waals surface area contributed by atoms with Crippen LogP contribution in [0.1, 0.15) is 11.1 Å². The number of hydrogen-bond donors (Lipinski definition) is 0. The zero-order chi connectivity index (χ0) is 23.4. The zero-order valence-electron chi connectivity index (χ0n) is 17.4. The molecular formula is C24H19Cl2FN4OS. The molecule has 9 heteroatoms. The van der Waals surface area contributed by atoms with Gasteiger partial charge in [-0.1, -0.05) is 59.2 Å². The van der Waals surface area contributed by atoms with Crippen LogP contribution in [0.25, 0.3) is 11.4 Å². The van der Waals surface area contributed by atoms with Crippen LogP contribution >= 0.6 is 35.0 Å². The number of rotatable bonds is 8. The third kappa shape index (κ3) is 5.21. The molecule has 0 radical (unpaired) electrons. The highest BCUT2D eigenvalue weighted by atomic mass is 35.5. The number of hydrogen-bond acceptors (Lipinski definition) is 4. The minimum absolute atomic E-state index is 0.195. The molecule has 0 amide bonds. The molecule has 0 spiro atoms. The monoisotopic (exact) mass is 500 g/mol. The smallest absolute Gasteiger partial charge is 0.261 e. The molecule has 33 heavy (non-hydrogen) atoms. The molecule has 0 bridgehead atoms. The average molecular weight is 501 g/mol. The van der Waals surface area contributed by atoms with E-state index in [0.717, 1.165) is 5.56 Å². The number of allylic oxidation sites excluding steroid dienone is 1. The number of thioether (sulfide) groups is 1. The molecular weight excluding hydrogens is 482 g/mol. The van der Waals surface area contributed by atoms with Crippen LogP contribution in [-0.2, 0) is 18.8 Å². The van der Waals surface area contributed by atoms with Gasteiger partial charge in [0.15, 0.2) is 11.0 Å². The van der Waals surface area contributed by atoms with Crippen LogP contribution in [0.3, 0.4) is 0 Å². The molecule has 4 aromatic rings. The van der Waals surface area contributed by atoms with Gasteiger partial charge in [0.2, 0.25) is 0 Å². The van der Waals surface area contributed by atoms with Crippen molar-refractivity contribution in [1.29, 1.82) is 0 Å². The predicted molar refractivity (Wildman–Crippen MR) is 131 cm³/mol. The summed E-state index contributed by atoms with van der Waals surface area (Å²) in [6.45, 7) is 4.59. The quantitative estimate of drug-likeness (QED) is 0.217. The van der Waals surface area contributed by atoms with Gasteiger partial charge in [-0.15, -0.1) is 16.8 Å². The molecule has 2 aromatic heterocycles. The van der Waals surface area contributed by atoms with E-state index >= 15 is 0 Å². The minimum Gasteiger partial charge on any atom is -0.310 e. The van der Waals surface area contributed by atoms with Crippen molar-refractivity contribution in [2.24, 2.45) is 0 Å². The Kier molecular flexibility index (Phi) is 7.33. The fourth-order valence-electron chi connectivity index (χ4n) is 3.31. The van der Waals surface area contributed by atoms with Crippen molar-refractivity contribution in [3.05, 3.63) is 111 Å². The maximum Gasteiger partial charge on any atom is 0.261 e. The number of pyridine rings is 1. The van der Waals surface area contributed by atoms with E-state index in [1.807, 2.05) is 12.1 Å². The summed E-state index contributed by atoms with van der Waals surface area (Å²) < 4.78 is 17.6. The first-order valence-corrected chi connectivity index (χ1v) is 11.8. The van der Waals surface area contributed by atoms with Gasteiger partial charge in [-0.25, -0.2) is 4.39 Å². The summed E-state index contributed by atoms with van der Waals surface area (Å²) in [5.41, 5.74) is 1.56. The van der Waals surface area contributed by atoms with Crippen LogP contribution in [-0.4, -0.2) is 19.3 Å². The Morgan fingerprint density at radius 2 is 1.85 bits per heavy atom. The van der Waals surface area contributed by atoms with Crippen molar-refractivity contribution < 1.29 is 4.39 Å². The van der Waals surface area contributed by atoms with Crippen molar-refractivity contribution >= 4 is 35.0 Å². The van der Waals surface area contributed by atoms with Gasteiger partial charge in [-0.2, -0.15) is 0 Å². The highest BCUT2D eigenvalue weighted by Gasteiger charge is 2.18. The van der Waals surface area contributed by atoms with E-state index in [9.17, 15) is 9.18 Å². The van der Waals surface area contributed by atoms with Crippen molar-refractivity contribution in [3.8, 4) is 11.4 Å². The third-order valence-corrected chi connectivity index (χ3v) is 6.56. The van der Waals surface area contributed by atoms with Crippen molar-refractivity contribution in [3.63, 3.8) is 0 Å². The van der Waals surface area contributed by atoms with Crippen LogP contribution in [0.4, 0.5) is 4.39 Å². The summed E-state index contributed by atoms with van der Waals surface area (Å²) in [4.78, 5) is 13.2. The molecule has 168 valence electrons. The second-order valence-electron chi connectivity index (χ2n) is 7.18. The Morgan fingerprint density at radius 3 is 2.58 bits per heavy atom. The van der Waals surface area contributed by atoms with Crippen molar-refractivity contribution in [2.75, 3.05) is 0 Å². The fourth-order valence-corrected chi connectivity index (χ4v) is 4.73. The van der Waals surface area contributed by atoms with E-state index in [-0.39, 0.29) is 17.1 Å². The van der Waals surface area contributed by atoms with Crippen LogP contribution in [0, 0.1) is 5.82 Å². The molecule has 0 fully saturated rings. The van der Waals surface area contributed by atoms with Gasteiger partial charge in [0.25, 0.3) is 5.56 Å². The first kappa shape index (κ1) is 23.3. The highest BCUT2D eigenvalue weighted by Crippen LogP contribution is 2.29. The lowest BCUT2D eigenvalue weighted by Gasteiger charge is -2.11. The molecule has 4 rings (SSSR count). The second-order valence-corrected chi connectivity index (χ2v) is 8.96. The Bertz CT molecular complexity index is 1330. The lowest BCUT2D eigenvalue weighted by molar-refractivity contribution is 0.617. The van der Waals surface area contributed by atoms with E-state index in [1.54, 1.807) is 57.8 Å². The summed E-state index contributed by atoms with van der Waals surface area (Å²) in [5, 5.41) is 10.0. The fraction of sp³-hybridized carbons (Fsp3) is 0.125. The molecule has 2 aromatic carbocycles. The Morgan fingerprint density at radius 1 is 1.06 bits per heavy atom. The molecule has 0 aliphatic rings. The van der Waals surface area contributed by atoms with E-state index in [0.29, 0.717) is 45.2 Å². The molecule has 0 unspecified atom stereocenters. The van der Waals surface area contributed by atoms with Gasteiger partial charge in [0.05, 0.1) is 12.1 Å². The maximum absolute atomic E-state index is 14.2. The Hall–Kier alpha value is -2.87. The standard InChI is InChI=1S/C24H19Cl2FN4OS/c1-2-12-31-22(28-29-24(31)33-15-19-20(26)6-3-7-21(19)27)18-5-4-13-30(23(18)32)14-16-8-10-17(25)11-9-16/h2-11,13H,1,12,14-15H2. The van der Waals surface area contributed by atoms with Crippen LogP contribution in [0.15, 0.2) is 83.4 Å². The topological polar surface area (TPSA) is 52.7 Å². The number of aromatic nitrogens is 4. The van der Waals surface area contributed by atoms with E-state index in [4.69, 9.17) is 23.2 Å². The van der Waals surface area contributed by atoms with Gasteiger partial charge < -0.3 is 4.57 Å². The van der Waals surface area contributed by atoms with Crippen molar-refractivity contribution in [2.45, 2.75) is 24.0 Å². The Balaban J connectivity index is 1.65. The molecule has 0 aliphatic carbocycles. The lowest BCUT2D eigenvalue weighted by atomic mass is 10.2. The summed E-state index contributed by atoms with van der Waals surface area (Å²) in [5.74, 6) is 0.321. The molecule has 0 aliphatic heterocycles. The Labute approximate surface area is 204 Å². The second kappa shape index (κ2) is 10.4. The van der Waals surface area contributed by atoms with Gasteiger partial charge in [-0.05, 0) is 42.0 Å². The van der Waals surface area contributed by atoms with E-state index in [1.165, 1.54) is 17.8 Å². The summed E-state index contributed by atoms with van der Waals surface area (Å²) >= 11 is 13.4. The number of benzene rings is 2. The van der Waals surface area contributed by atoms with E-state index < -0.39 is 0 Å². The predicted octanol–water partition coefficient (Wildman–Crippen LogP) is 6.08. The SMILES string of the molecule is C=CCn1c(SCc2c(F)cccc2Cl)nnc1-c1cccn(Cc2ccc(Cl)cc2)c1=O. The first-order chi connectivity index (χ1) is 16.0. The summed E-state index contributed by atoms with van der Waals surface area (Å²) in [6, 6.07) is 15.4. The zero-order valence-corrected chi connectivity index (χ0v) is 19.7. The highest BCUT2D eigenvalue weighted by molar-refractivity contribution is 7.98. The number of nitrogens with zero attached hydrogens (tertiary/aromatic N) is 4. The van der Waals surface area contributed by atoms with Crippen LogP contribution < -0.4 is 5.56 Å². The molecule has 5 nitrogen and oxygen atoms in total. The van der Waals surface area contributed by atoms with Crippen molar-refractivity contribution in [1.82, 2.24) is 19.3 Å². The molecule has 0 N–H and O–H groups in total. The summed E-state index contributed by atoms with van der Waals surface area (Å²) in [6.07, 6.45) is 3.42. The van der Waals surface area contributed by atoms with Gasteiger partial charge in [0.1, 0.15) is 5.82 Å². The lowest BCUT2D eigenvalue weighted by Crippen LogP contribution is -2.22. The summed E-state index contributed by atoms with van der Waals surface area (Å²) in [7, 11) is 0. The third-order valence-electron chi connectivity index (χ3n) is 4.96. The molecule has 0 atom stereocenters. The average Bonchev–Trinajstić information content (AvgIpc) is 3.19. The minimum atomic E-state index is -0.377. The van der Waals surface area contributed by atoms with Crippen LogP contribution in [0.5, 0.6) is 0 Å². The number of halogens is 3. The van der Waals surface area contributed by atoms with Gasteiger partial charge in [-0.3, -0.25) is 9.36 Å². The molecule has 2 heterocycles. The van der Waals surface area contributed by atoms with Gasteiger partial charge in [0, 0.05) is 34.1 Å².